The minimum absolute atomic E-state index is 0.0140. The topological polar surface area (TPSA) is 124 Å². The number of piperidine rings is 1. The number of rotatable bonds is 4. The Kier molecular flexibility index (Phi) is 5.87. The van der Waals surface area contributed by atoms with E-state index in [4.69, 9.17) is 5.73 Å². The molecule has 2 aromatic rings. The molecule has 2 saturated heterocycles. The van der Waals surface area contributed by atoms with Crippen LogP contribution < -0.4 is 5.73 Å². The van der Waals surface area contributed by atoms with Crippen LogP contribution in [0.5, 0.6) is 0 Å². The van der Waals surface area contributed by atoms with E-state index in [9.17, 15) is 23.3 Å². The molecular weight excluding hydrogens is 405 g/mol. The molecule has 30 heavy (non-hydrogen) atoms. The number of benzene rings is 2. The minimum atomic E-state index is -3.79. The lowest BCUT2D eigenvalue weighted by atomic mass is 9.77. The standard InChI is InChI=1S/C20H26BN3O5S/c22-18-9-11-23(13-17(18)20(25)24-10-3-6-19(24)21(26)27)30(28,29)16-8-7-14-4-1-2-5-15(14)12-16/h1-2,4-5,7-8,12,17-19,26-27H,3,6,9-11,13,22H2/t17-,18-,19+/m1/s1. The Morgan fingerprint density at radius 2 is 1.80 bits per heavy atom. The van der Waals surface area contributed by atoms with Gasteiger partial charge in [0.05, 0.1) is 16.8 Å². The molecular formula is C20H26BN3O5S. The highest BCUT2D eigenvalue weighted by atomic mass is 32.2. The van der Waals surface area contributed by atoms with E-state index in [0.29, 0.717) is 25.8 Å². The highest BCUT2D eigenvalue weighted by Gasteiger charge is 2.44. The molecule has 160 valence electrons. The van der Waals surface area contributed by atoms with Crippen LogP contribution in [0.15, 0.2) is 47.4 Å². The molecule has 2 aliphatic rings. The average molecular weight is 431 g/mol. The van der Waals surface area contributed by atoms with Crippen LogP contribution in [0.4, 0.5) is 0 Å². The maximum atomic E-state index is 13.3. The first-order valence-corrected chi connectivity index (χ1v) is 11.6. The molecule has 4 rings (SSSR count). The lowest BCUT2D eigenvalue weighted by molar-refractivity contribution is -0.137. The van der Waals surface area contributed by atoms with Crippen LogP contribution in [0.1, 0.15) is 19.3 Å². The molecule has 0 bridgehead atoms. The van der Waals surface area contributed by atoms with Crippen LogP contribution in [-0.4, -0.2) is 72.3 Å². The maximum absolute atomic E-state index is 13.3. The Bertz CT molecular complexity index is 1050. The van der Waals surface area contributed by atoms with Crippen molar-refractivity contribution in [2.24, 2.45) is 11.7 Å². The predicted molar refractivity (Wildman–Crippen MR) is 114 cm³/mol. The molecule has 2 heterocycles. The van der Waals surface area contributed by atoms with Crippen molar-refractivity contribution in [3.63, 3.8) is 0 Å². The van der Waals surface area contributed by atoms with Gasteiger partial charge in [0, 0.05) is 25.7 Å². The molecule has 2 aromatic carbocycles. The molecule has 8 nitrogen and oxygen atoms in total. The zero-order valence-electron chi connectivity index (χ0n) is 16.6. The van der Waals surface area contributed by atoms with Crippen LogP contribution in [0, 0.1) is 5.92 Å². The van der Waals surface area contributed by atoms with Gasteiger partial charge in [-0.15, -0.1) is 0 Å². The van der Waals surface area contributed by atoms with Gasteiger partial charge in [-0.1, -0.05) is 30.3 Å². The number of nitrogens with zero attached hydrogens (tertiary/aromatic N) is 2. The Balaban J connectivity index is 1.58. The second kappa shape index (κ2) is 8.28. The lowest BCUT2D eigenvalue weighted by Crippen LogP contribution is -2.57. The van der Waals surface area contributed by atoms with Gasteiger partial charge in [-0.3, -0.25) is 4.79 Å². The van der Waals surface area contributed by atoms with Gasteiger partial charge in [0.1, 0.15) is 0 Å². The van der Waals surface area contributed by atoms with Gasteiger partial charge >= 0.3 is 7.12 Å². The van der Waals surface area contributed by atoms with Crippen LogP contribution in [-0.2, 0) is 14.8 Å². The lowest BCUT2D eigenvalue weighted by Gasteiger charge is -2.38. The summed E-state index contributed by atoms with van der Waals surface area (Å²) in [5, 5.41) is 20.9. The second-order valence-corrected chi connectivity index (χ2v) is 10.0. The van der Waals surface area contributed by atoms with E-state index < -0.39 is 35.0 Å². The van der Waals surface area contributed by atoms with E-state index in [1.54, 1.807) is 18.2 Å². The monoisotopic (exact) mass is 431 g/mol. The van der Waals surface area contributed by atoms with E-state index in [1.807, 2.05) is 24.3 Å². The Morgan fingerprint density at radius 3 is 2.53 bits per heavy atom. The maximum Gasteiger partial charge on any atom is 0.475 e. The third-order valence-corrected chi connectivity index (χ3v) is 8.09. The molecule has 2 aliphatic heterocycles. The van der Waals surface area contributed by atoms with Crippen molar-refractivity contribution in [3.8, 4) is 0 Å². The Hall–Kier alpha value is -1.98. The SMILES string of the molecule is N[C@@H]1CCN(S(=O)(=O)c2ccc3ccccc3c2)C[C@H]1C(=O)N1CCC[C@H]1B(O)O. The molecule has 2 fully saturated rings. The third kappa shape index (κ3) is 3.85. The summed E-state index contributed by atoms with van der Waals surface area (Å²) in [6, 6.07) is 12.1. The van der Waals surface area contributed by atoms with Crippen LogP contribution >= 0.6 is 0 Å². The van der Waals surface area contributed by atoms with Gasteiger partial charge in [0.2, 0.25) is 15.9 Å². The third-order valence-electron chi connectivity index (χ3n) is 6.23. The van der Waals surface area contributed by atoms with E-state index >= 15 is 0 Å². The summed E-state index contributed by atoms with van der Waals surface area (Å²) in [5.74, 6) is -1.69. The van der Waals surface area contributed by atoms with Gasteiger partial charge in [0.15, 0.2) is 0 Å². The first kappa shape index (κ1) is 21.3. The molecule has 0 radical (unpaired) electrons. The van der Waals surface area contributed by atoms with Crippen LogP contribution in [0.25, 0.3) is 10.8 Å². The van der Waals surface area contributed by atoms with Crippen molar-refractivity contribution in [1.82, 2.24) is 9.21 Å². The Labute approximate surface area is 176 Å². The number of likely N-dealkylation sites (tertiary alicyclic amines) is 1. The van der Waals surface area contributed by atoms with Gasteiger partial charge in [0.25, 0.3) is 0 Å². The van der Waals surface area contributed by atoms with Crippen LogP contribution in [0.3, 0.4) is 0 Å². The summed E-state index contributed by atoms with van der Waals surface area (Å²) >= 11 is 0. The number of fused-ring (bicyclic) bond motifs is 1. The number of carbonyl (C=O) groups is 1. The molecule has 0 aromatic heterocycles. The molecule has 0 unspecified atom stereocenters. The fourth-order valence-corrected chi connectivity index (χ4v) is 6.00. The molecule has 0 aliphatic carbocycles. The average Bonchev–Trinajstić information content (AvgIpc) is 3.23. The molecule has 10 heteroatoms. The number of hydrogen-bond donors (Lipinski definition) is 3. The number of nitrogens with two attached hydrogens (primary N) is 1. The summed E-state index contributed by atoms with van der Waals surface area (Å²) in [7, 11) is -5.41. The van der Waals surface area contributed by atoms with Gasteiger partial charge < -0.3 is 20.7 Å². The quantitative estimate of drug-likeness (QED) is 0.594. The van der Waals surface area contributed by atoms with E-state index in [-0.39, 0.29) is 23.9 Å². The van der Waals surface area contributed by atoms with E-state index in [2.05, 4.69) is 0 Å². The largest absolute Gasteiger partial charge is 0.475 e. The van der Waals surface area contributed by atoms with Crippen molar-refractivity contribution in [2.75, 3.05) is 19.6 Å². The molecule has 0 spiro atoms. The first-order valence-electron chi connectivity index (χ1n) is 10.2. The van der Waals surface area contributed by atoms with E-state index in [1.165, 1.54) is 9.21 Å². The van der Waals surface area contributed by atoms with Crippen molar-refractivity contribution in [3.05, 3.63) is 42.5 Å². The summed E-state index contributed by atoms with van der Waals surface area (Å²) in [4.78, 5) is 14.7. The molecule has 1 amide bonds. The smallest absolute Gasteiger partial charge is 0.426 e. The highest BCUT2D eigenvalue weighted by molar-refractivity contribution is 7.89. The zero-order valence-corrected chi connectivity index (χ0v) is 17.4. The molecule has 4 N–H and O–H groups in total. The Morgan fingerprint density at radius 1 is 1.07 bits per heavy atom. The summed E-state index contributed by atoms with van der Waals surface area (Å²) in [6.45, 7) is 0.647. The second-order valence-electron chi connectivity index (χ2n) is 8.09. The number of carbonyl (C=O) groups excluding carboxylic acids is 1. The van der Waals surface area contributed by atoms with Crippen molar-refractivity contribution < 1.29 is 23.3 Å². The molecule has 3 atom stereocenters. The fourth-order valence-electron chi connectivity index (χ4n) is 4.49. The van der Waals surface area contributed by atoms with Crippen molar-refractivity contribution >= 4 is 33.8 Å². The first-order chi connectivity index (χ1) is 14.3. The number of hydrogen-bond acceptors (Lipinski definition) is 6. The molecule has 0 saturated carbocycles. The number of amides is 1. The highest BCUT2D eigenvalue weighted by Crippen LogP contribution is 2.29. The van der Waals surface area contributed by atoms with Crippen molar-refractivity contribution in [2.45, 2.75) is 36.1 Å². The normalized spacial score (nSPS) is 25.6. The number of sulfonamides is 1. The van der Waals surface area contributed by atoms with Gasteiger partial charge in [-0.2, -0.15) is 4.31 Å². The minimum Gasteiger partial charge on any atom is -0.426 e. The van der Waals surface area contributed by atoms with E-state index in [0.717, 1.165) is 10.8 Å². The predicted octanol–water partition coefficient (Wildman–Crippen LogP) is 0.181. The van der Waals surface area contributed by atoms with Gasteiger partial charge in [-0.25, -0.2) is 8.42 Å². The zero-order chi connectivity index (χ0) is 21.5. The fraction of sp³-hybridized carbons (Fsp3) is 0.450. The summed E-state index contributed by atoms with van der Waals surface area (Å²) in [6.07, 6.45) is 1.54. The summed E-state index contributed by atoms with van der Waals surface area (Å²) in [5.41, 5.74) is 6.19. The van der Waals surface area contributed by atoms with Crippen LogP contribution in [0.2, 0.25) is 0 Å². The summed E-state index contributed by atoms with van der Waals surface area (Å²) < 4.78 is 27.9. The van der Waals surface area contributed by atoms with Crippen molar-refractivity contribution in [1.29, 1.82) is 0 Å². The van der Waals surface area contributed by atoms with Gasteiger partial charge in [-0.05, 0) is 42.2 Å².